The molecule has 1 atom stereocenters. The van der Waals surface area contributed by atoms with Gasteiger partial charge in [-0.05, 0) is 51.2 Å². The van der Waals surface area contributed by atoms with E-state index < -0.39 is 0 Å². The molecule has 0 bridgehead atoms. The molecule has 0 saturated heterocycles. The average Bonchev–Trinajstić information content (AvgIpc) is 2.73. The van der Waals surface area contributed by atoms with E-state index in [-0.39, 0.29) is 5.82 Å². The summed E-state index contributed by atoms with van der Waals surface area (Å²) in [5.41, 5.74) is 1.77. The van der Waals surface area contributed by atoms with Crippen LogP contribution in [0.2, 0.25) is 0 Å². The van der Waals surface area contributed by atoms with Crippen LogP contribution in [0.15, 0.2) is 22.6 Å². The molecule has 4 heteroatoms. The molecule has 0 aliphatic heterocycles. The van der Waals surface area contributed by atoms with Crippen LogP contribution in [0.3, 0.4) is 0 Å². The maximum Gasteiger partial charge on any atom is 0.134 e. The first kappa shape index (κ1) is 15.0. The minimum absolute atomic E-state index is 0.223. The number of hydrogen-bond donors (Lipinski definition) is 1. The lowest BCUT2D eigenvalue weighted by Gasteiger charge is -2.20. The van der Waals surface area contributed by atoms with Crippen LogP contribution in [0.5, 0.6) is 0 Å². The van der Waals surface area contributed by atoms with Gasteiger partial charge >= 0.3 is 0 Å². The molecule has 0 spiro atoms. The van der Waals surface area contributed by atoms with E-state index in [1.807, 2.05) is 6.92 Å². The maximum atomic E-state index is 13.3. The van der Waals surface area contributed by atoms with E-state index in [0.29, 0.717) is 12.6 Å². The largest absolute Gasteiger partial charge is 0.459 e. The Bertz CT molecular complexity index is 579. The van der Waals surface area contributed by atoms with Crippen molar-refractivity contribution in [3.63, 3.8) is 0 Å². The van der Waals surface area contributed by atoms with E-state index in [1.165, 1.54) is 12.1 Å². The van der Waals surface area contributed by atoms with E-state index >= 15 is 0 Å². The van der Waals surface area contributed by atoms with Gasteiger partial charge < -0.3 is 14.6 Å². The van der Waals surface area contributed by atoms with Crippen LogP contribution in [-0.4, -0.2) is 31.1 Å². The van der Waals surface area contributed by atoms with Crippen LogP contribution < -0.4 is 5.32 Å². The summed E-state index contributed by atoms with van der Waals surface area (Å²) < 4.78 is 19.1. The van der Waals surface area contributed by atoms with Crippen molar-refractivity contribution in [2.24, 2.45) is 0 Å². The van der Waals surface area contributed by atoms with Gasteiger partial charge in [0.25, 0.3) is 0 Å². The van der Waals surface area contributed by atoms with Gasteiger partial charge in [0.2, 0.25) is 0 Å². The first-order valence-electron chi connectivity index (χ1n) is 7.10. The van der Waals surface area contributed by atoms with Gasteiger partial charge in [0.05, 0.1) is 6.54 Å². The van der Waals surface area contributed by atoms with Gasteiger partial charge in [-0.15, -0.1) is 0 Å². The van der Waals surface area contributed by atoms with Gasteiger partial charge in [-0.25, -0.2) is 4.39 Å². The lowest BCUT2D eigenvalue weighted by molar-refractivity contribution is 0.305. The molecule has 2 rings (SSSR count). The Morgan fingerprint density at radius 3 is 2.85 bits per heavy atom. The van der Waals surface area contributed by atoms with E-state index in [2.05, 4.69) is 31.1 Å². The second-order valence-corrected chi connectivity index (χ2v) is 5.43. The third-order valence-electron chi connectivity index (χ3n) is 3.73. The molecule has 20 heavy (non-hydrogen) atoms. The molecule has 3 nitrogen and oxygen atoms in total. The van der Waals surface area contributed by atoms with E-state index in [0.717, 1.165) is 35.4 Å². The first-order chi connectivity index (χ1) is 9.51. The third kappa shape index (κ3) is 3.38. The number of furan rings is 1. The Morgan fingerprint density at radius 1 is 1.40 bits per heavy atom. The Hall–Kier alpha value is -1.39. The van der Waals surface area contributed by atoms with Crippen molar-refractivity contribution in [1.82, 2.24) is 10.2 Å². The van der Waals surface area contributed by atoms with Crippen LogP contribution in [-0.2, 0) is 6.54 Å². The molecule has 0 aliphatic rings. The lowest BCUT2D eigenvalue weighted by atomic mass is 10.1. The van der Waals surface area contributed by atoms with Crippen molar-refractivity contribution in [3.8, 4) is 0 Å². The van der Waals surface area contributed by atoms with Crippen molar-refractivity contribution in [3.05, 3.63) is 35.3 Å². The number of likely N-dealkylation sites (N-methyl/N-ethyl adjacent to an activating group) is 1. The summed E-state index contributed by atoms with van der Waals surface area (Å²) in [4.78, 5) is 2.26. The van der Waals surface area contributed by atoms with Crippen LogP contribution in [0.25, 0.3) is 11.0 Å². The van der Waals surface area contributed by atoms with Gasteiger partial charge in [-0.1, -0.05) is 6.92 Å². The number of hydrogen-bond acceptors (Lipinski definition) is 3. The minimum Gasteiger partial charge on any atom is -0.459 e. The van der Waals surface area contributed by atoms with Crippen molar-refractivity contribution in [1.29, 1.82) is 0 Å². The standard InChI is InChI=1S/C16H23FN2O/c1-5-19(4)10-11(2)18-9-16-12(3)14-8-13(17)6-7-15(14)20-16/h6-8,11,18H,5,9-10H2,1-4H3. The SMILES string of the molecule is CCN(C)CC(C)NCc1oc2ccc(F)cc2c1C. The van der Waals surface area contributed by atoms with Crippen molar-refractivity contribution >= 4 is 11.0 Å². The number of rotatable bonds is 6. The number of halogens is 1. The zero-order valence-corrected chi connectivity index (χ0v) is 12.7. The summed E-state index contributed by atoms with van der Waals surface area (Å²) in [5, 5.41) is 4.31. The normalized spacial score (nSPS) is 13.3. The monoisotopic (exact) mass is 278 g/mol. The number of nitrogens with one attached hydrogen (secondary N) is 1. The van der Waals surface area contributed by atoms with E-state index in [9.17, 15) is 4.39 Å². The fourth-order valence-electron chi connectivity index (χ4n) is 2.34. The molecule has 1 N–H and O–H groups in total. The predicted molar refractivity (Wildman–Crippen MR) is 80.4 cm³/mol. The lowest BCUT2D eigenvalue weighted by Crippen LogP contribution is -2.36. The highest BCUT2D eigenvalue weighted by molar-refractivity contribution is 5.82. The van der Waals surface area contributed by atoms with Crippen LogP contribution in [0.4, 0.5) is 4.39 Å². The molecule has 1 unspecified atom stereocenters. The first-order valence-corrected chi connectivity index (χ1v) is 7.10. The fourth-order valence-corrected chi connectivity index (χ4v) is 2.34. The molecule has 0 saturated carbocycles. The molecule has 1 heterocycles. The van der Waals surface area contributed by atoms with Crippen molar-refractivity contribution < 1.29 is 8.81 Å². The molecular weight excluding hydrogens is 255 g/mol. The zero-order chi connectivity index (χ0) is 14.7. The fraction of sp³-hybridized carbons (Fsp3) is 0.500. The third-order valence-corrected chi connectivity index (χ3v) is 3.73. The number of benzene rings is 1. The highest BCUT2D eigenvalue weighted by Gasteiger charge is 2.12. The highest BCUT2D eigenvalue weighted by atomic mass is 19.1. The quantitative estimate of drug-likeness (QED) is 0.878. The van der Waals surface area contributed by atoms with Crippen LogP contribution in [0.1, 0.15) is 25.2 Å². The summed E-state index contributed by atoms with van der Waals surface area (Å²) in [5.74, 6) is 0.662. The van der Waals surface area contributed by atoms with Gasteiger partial charge in [-0.2, -0.15) is 0 Å². The Kier molecular flexibility index (Phi) is 4.78. The average molecular weight is 278 g/mol. The Labute approximate surface area is 119 Å². The summed E-state index contributed by atoms with van der Waals surface area (Å²) in [6.45, 7) is 8.97. The zero-order valence-electron chi connectivity index (χ0n) is 12.7. The summed E-state index contributed by atoms with van der Waals surface area (Å²) >= 11 is 0. The number of nitrogens with zero attached hydrogens (tertiary/aromatic N) is 1. The van der Waals surface area contributed by atoms with Gasteiger partial charge in [0.15, 0.2) is 0 Å². The van der Waals surface area contributed by atoms with Gasteiger partial charge in [-0.3, -0.25) is 0 Å². The highest BCUT2D eigenvalue weighted by Crippen LogP contribution is 2.25. The molecule has 0 amide bonds. The topological polar surface area (TPSA) is 28.4 Å². The van der Waals surface area contributed by atoms with Crippen molar-refractivity contribution in [2.45, 2.75) is 33.4 Å². The predicted octanol–water partition coefficient (Wildman–Crippen LogP) is 3.31. The molecule has 2 aromatic rings. The summed E-state index contributed by atoms with van der Waals surface area (Å²) in [7, 11) is 2.10. The molecular formula is C16H23FN2O. The van der Waals surface area contributed by atoms with Crippen LogP contribution >= 0.6 is 0 Å². The summed E-state index contributed by atoms with van der Waals surface area (Å²) in [6, 6.07) is 5.03. The van der Waals surface area contributed by atoms with Gasteiger partial charge in [0.1, 0.15) is 17.2 Å². The Morgan fingerprint density at radius 2 is 2.15 bits per heavy atom. The van der Waals surface area contributed by atoms with Crippen molar-refractivity contribution in [2.75, 3.05) is 20.1 Å². The smallest absolute Gasteiger partial charge is 0.134 e. The number of aryl methyl sites for hydroxylation is 1. The number of fused-ring (bicyclic) bond motifs is 1. The second-order valence-electron chi connectivity index (χ2n) is 5.43. The minimum atomic E-state index is -0.223. The molecule has 1 aromatic carbocycles. The summed E-state index contributed by atoms with van der Waals surface area (Å²) in [6.07, 6.45) is 0. The van der Waals surface area contributed by atoms with Crippen LogP contribution in [0, 0.1) is 12.7 Å². The second kappa shape index (κ2) is 6.37. The molecule has 0 radical (unpaired) electrons. The van der Waals surface area contributed by atoms with E-state index in [1.54, 1.807) is 6.07 Å². The molecule has 0 aliphatic carbocycles. The van der Waals surface area contributed by atoms with Gasteiger partial charge in [0, 0.05) is 18.0 Å². The maximum absolute atomic E-state index is 13.3. The molecule has 110 valence electrons. The molecule has 1 aromatic heterocycles. The van der Waals surface area contributed by atoms with E-state index in [4.69, 9.17) is 4.42 Å². The molecule has 0 fully saturated rings. The Balaban J connectivity index is 2.05.